The first-order valence-corrected chi connectivity index (χ1v) is 6.90. The van der Waals surface area contributed by atoms with Crippen molar-refractivity contribution in [3.63, 3.8) is 0 Å². The predicted molar refractivity (Wildman–Crippen MR) is 68.3 cm³/mol. The second-order valence-electron chi connectivity index (χ2n) is 4.74. The molecule has 94 valence electrons. The van der Waals surface area contributed by atoms with Gasteiger partial charge < -0.3 is 9.88 Å². The molecule has 5 heteroatoms. The Morgan fingerprint density at radius 1 is 1.65 bits per heavy atom. The minimum absolute atomic E-state index is 0.0190. The van der Waals surface area contributed by atoms with E-state index in [1.54, 1.807) is 4.57 Å². The molecule has 1 fully saturated rings. The maximum Gasteiger partial charge on any atom is 0.307 e. The van der Waals surface area contributed by atoms with Crippen LogP contribution in [0, 0.1) is 12.8 Å². The third-order valence-corrected chi connectivity index (χ3v) is 4.14. The minimum atomic E-state index is 0.0190. The van der Waals surface area contributed by atoms with E-state index in [2.05, 4.69) is 12.2 Å². The number of hydrogen-bond acceptors (Lipinski definition) is 3. The molecular weight excluding hydrogens is 236 g/mol. The van der Waals surface area contributed by atoms with Crippen LogP contribution in [0.15, 0.2) is 10.2 Å². The van der Waals surface area contributed by atoms with Crippen LogP contribution in [0.5, 0.6) is 0 Å². The van der Waals surface area contributed by atoms with Crippen molar-refractivity contribution >= 4 is 17.2 Å². The summed E-state index contributed by atoms with van der Waals surface area (Å²) in [6.07, 6.45) is 2.84. The third-order valence-electron chi connectivity index (χ3n) is 3.26. The first-order chi connectivity index (χ1) is 8.08. The van der Waals surface area contributed by atoms with Gasteiger partial charge in [0.2, 0.25) is 5.91 Å². The number of carbonyl (C=O) groups is 1. The van der Waals surface area contributed by atoms with Crippen LogP contribution in [-0.4, -0.2) is 16.5 Å². The van der Waals surface area contributed by atoms with E-state index in [4.69, 9.17) is 0 Å². The molecule has 1 aliphatic carbocycles. The van der Waals surface area contributed by atoms with Crippen LogP contribution in [0.1, 0.15) is 31.9 Å². The molecular formula is C12H18N2O2S. The Balaban J connectivity index is 1.81. The number of aryl methyl sites for hydroxylation is 1. The van der Waals surface area contributed by atoms with Crippen LogP contribution in [0.3, 0.4) is 0 Å². The third kappa shape index (κ3) is 3.19. The summed E-state index contributed by atoms with van der Waals surface area (Å²) >= 11 is 1.19. The molecule has 1 aromatic rings. The molecule has 0 saturated heterocycles. The quantitative estimate of drug-likeness (QED) is 0.866. The number of hydrogen-bond donors (Lipinski definition) is 1. The largest absolute Gasteiger partial charge is 0.353 e. The van der Waals surface area contributed by atoms with Gasteiger partial charge in [-0.25, -0.2) is 0 Å². The van der Waals surface area contributed by atoms with Crippen molar-refractivity contribution in [1.82, 2.24) is 9.88 Å². The molecule has 0 aliphatic heterocycles. The van der Waals surface area contributed by atoms with Crippen LogP contribution in [-0.2, 0) is 11.3 Å². The molecule has 1 N–H and O–H groups in total. The van der Waals surface area contributed by atoms with Crippen molar-refractivity contribution in [2.24, 2.45) is 5.92 Å². The summed E-state index contributed by atoms with van der Waals surface area (Å²) in [4.78, 5) is 23.1. The molecule has 0 bridgehead atoms. The van der Waals surface area contributed by atoms with Gasteiger partial charge in [-0.2, -0.15) is 0 Å². The van der Waals surface area contributed by atoms with E-state index >= 15 is 0 Å². The monoisotopic (exact) mass is 254 g/mol. The van der Waals surface area contributed by atoms with Crippen LogP contribution >= 0.6 is 11.3 Å². The lowest BCUT2D eigenvalue weighted by Crippen LogP contribution is -2.35. The van der Waals surface area contributed by atoms with Gasteiger partial charge in [0.25, 0.3) is 0 Å². The number of thiazole rings is 1. The van der Waals surface area contributed by atoms with Crippen molar-refractivity contribution in [3.8, 4) is 0 Å². The number of nitrogens with zero attached hydrogens (tertiary/aromatic N) is 1. The van der Waals surface area contributed by atoms with Crippen molar-refractivity contribution in [2.75, 3.05) is 0 Å². The Bertz CT molecular complexity index is 459. The molecule has 1 aliphatic rings. The molecule has 0 spiro atoms. The summed E-state index contributed by atoms with van der Waals surface area (Å²) < 4.78 is 1.66. The average Bonchev–Trinajstić information content (AvgIpc) is 3.06. The van der Waals surface area contributed by atoms with E-state index in [0.717, 1.165) is 5.69 Å². The molecule has 1 aromatic heterocycles. The maximum atomic E-state index is 11.7. The number of aromatic nitrogens is 1. The van der Waals surface area contributed by atoms with Crippen LogP contribution in [0.4, 0.5) is 0 Å². The van der Waals surface area contributed by atoms with Gasteiger partial charge in [0, 0.05) is 30.1 Å². The second kappa shape index (κ2) is 5.04. The lowest BCUT2D eigenvalue weighted by molar-refractivity contribution is -0.122. The summed E-state index contributed by atoms with van der Waals surface area (Å²) in [5, 5.41) is 4.82. The number of carbonyl (C=O) groups excluding carboxylic acids is 1. The standard InChI is InChI=1S/C12H18N2O2S/c1-8-7-17-12(16)14(8)6-5-11(15)13-9(2)10-3-4-10/h7,9-10H,3-6H2,1-2H3,(H,13,15). The molecule has 1 heterocycles. The average molecular weight is 254 g/mol. The van der Waals surface area contributed by atoms with E-state index in [1.807, 2.05) is 12.3 Å². The molecule has 17 heavy (non-hydrogen) atoms. The highest BCUT2D eigenvalue weighted by Crippen LogP contribution is 2.32. The molecule has 1 amide bonds. The van der Waals surface area contributed by atoms with E-state index in [0.29, 0.717) is 18.9 Å². The molecule has 0 aromatic carbocycles. The number of rotatable bonds is 5. The lowest BCUT2D eigenvalue weighted by Gasteiger charge is -2.12. The lowest BCUT2D eigenvalue weighted by atomic mass is 10.2. The van der Waals surface area contributed by atoms with Gasteiger partial charge in [-0.05, 0) is 32.6 Å². The van der Waals surface area contributed by atoms with Crippen molar-refractivity contribution < 1.29 is 4.79 Å². The Labute approximate surface area is 105 Å². The Kier molecular flexibility index (Phi) is 3.66. The number of nitrogens with one attached hydrogen (secondary N) is 1. The fraction of sp³-hybridized carbons (Fsp3) is 0.667. The predicted octanol–water partition coefficient (Wildman–Crippen LogP) is 1.52. The van der Waals surface area contributed by atoms with Gasteiger partial charge in [-0.15, -0.1) is 0 Å². The van der Waals surface area contributed by atoms with Crippen LogP contribution in [0.2, 0.25) is 0 Å². The van der Waals surface area contributed by atoms with Gasteiger partial charge >= 0.3 is 4.87 Å². The summed E-state index contributed by atoms with van der Waals surface area (Å²) in [7, 11) is 0. The molecule has 4 nitrogen and oxygen atoms in total. The summed E-state index contributed by atoms with van der Waals surface area (Å²) in [5.74, 6) is 0.714. The smallest absolute Gasteiger partial charge is 0.307 e. The molecule has 0 radical (unpaired) electrons. The van der Waals surface area contributed by atoms with Crippen molar-refractivity contribution in [2.45, 2.75) is 45.7 Å². The summed E-state index contributed by atoms with van der Waals surface area (Å²) in [5.41, 5.74) is 0.933. The zero-order valence-corrected chi connectivity index (χ0v) is 11.0. The first kappa shape index (κ1) is 12.4. The maximum absolute atomic E-state index is 11.7. The van der Waals surface area contributed by atoms with E-state index < -0.39 is 0 Å². The molecule has 1 saturated carbocycles. The van der Waals surface area contributed by atoms with Crippen LogP contribution < -0.4 is 10.2 Å². The Morgan fingerprint density at radius 2 is 2.35 bits per heavy atom. The zero-order chi connectivity index (χ0) is 12.4. The highest BCUT2D eigenvalue weighted by Gasteiger charge is 2.28. The SMILES string of the molecule is Cc1csc(=O)n1CCC(=O)NC(C)C1CC1. The molecule has 1 unspecified atom stereocenters. The van der Waals surface area contributed by atoms with Crippen molar-refractivity contribution in [1.29, 1.82) is 0 Å². The first-order valence-electron chi connectivity index (χ1n) is 6.02. The number of amides is 1. The Hall–Kier alpha value is -1.10. The van der Waals surface area contributed by atoms with E-state index in [1.165, 1.54) is 24.2 Å². The minimum Gasteiger partial charge on any atom is -0.353 e. The van der Waals surface area contributed by atoms with Gasteiger partial charge in [-0.1, -0.05) is 11.3 Å². The summed E-state index contributed by atoms with van der Waals surface area (Å²) in [6, 6.07) is 0.280. The highest BCUT2D eigenvalue weighted by molar-refractivity contribution is 7.07. The normalized spacial score (nSPS) is 16.8. The summed E-state index contributed by atoms with van der Waals surface area (Å²) in [6.45, 7) is 4.43. The highest BCUT2D eigenvalue weighted by atomic mass is 32.1. The molecule has 1 atom stereocenters. The fourth-order valence-corrected chi connectivity index (χ4v) is 2.69. The topological polar surface area (TPSA) is 51.1 Å². The molecule has 2 rings (SSSR count). The van der Waals surface area contributed by atoms with Gasteiger partial charge in [0.1, 0.15) is 0 Å². The van der Waals surface area contributed by atoms with Gasteiger partial charge in [0.05, 0.1) is 0 Å². The Morgan fingerprint density at radius 3 is 2.88 bits per heavy atom. The fourth-order valence-electron chi connectivity index (χ4n) is 1.93. The van der Waals surface area contributed by atoms with Gasteiger partial charge in [-0.3, -0.25) is 9.59 Å². The van der Waals surface area contributed by atoms with E-state index in [-0.39, 0.29) is 16.8 Å². The van der Waals surface area contributed by atoms with Gasteiger partial charge in [0.15, 0.2) is 0 Å². The van der Waals surface area contributed by atoms with Crippen LogP contribution in [0.25, 0.3) is 0 Å². The van der Waals surface area contributed by atoms with E-state index in [9.17, 15) is 9.59 Å². The zero-order valence-electron chi connectivity index (χ0n) is 10.2. The van der Waals surface area contributed by atoms with Crippen molar-refractivity contribution in [3.05, 3.63) is 20.7 Å². The second-order valence-corrected chi connectivity index (χ2v) is 5.56.